The third-order valence-corrected chi connectivity index (χ3v) is 8.54. The van der Waals surface area contributed by atoms with Crippen LogP contribution >= 0.6 is 11.6 Å². The van der Waals surface area contributed by atoms with Crippen LogP contribution in [0.15, 0.2) is 30.3 Å². The van der Waals surface area contributed by atoms with Gasteiger partial charge in [-0.25, -0.2) is 0 Å². The lowest BCUT2D eigenvalue weighted by atomic mass is 9.86. The zero-order chi connectivity index (χ0) is 25.2. The summed E-state index contributed by atoms with van der Waals surface area (Å²) in [4.78, 5) is 5.20. The van der Waals surface area contributed by atoms with Crippen LogP contribution in [0.5, 0.6) is 11.5 Å². The predicted molar refractivity (Wildman–Crippen MR) is 146 cm³/mol. The Hall–Kier alpha value is -1.99. The van der Waals surface area contributed by atoms with Gasteiger partial charge in [-0.05, 0) is 80.8 Å². The Morgan fingerprint density at radius 2 is 1.89 bits per heavy atom. The highest BCUT2D eigenvalue weighted by molar-refractivity contribution is 6.32. The minimum Gasteiger partial charge on any atom is -0.495 e. The molecule has 7 heteroatoms. The molecular formula is C29H40ClN3O3. The third kappa shape index (κ3) is 5.62. The van der Waals surface area contributed by atoms with Gasteiger partial charge in [0.1, 0.15) is 24.2 Å². The Labute approximate surface area is 220 Å². The molecule has 2 heterocycles. The van der Waals surface area contributed by atoms with Crippen molar-refractivity contribution >= 4 is 17.3 Å². The predicted octanol–water partition coefficient (Wildman–Crippen LogP) is 4.87. The third-order valence-electron chi connectivity index (χ3n) is 8.23. The van der Waals surface area contributed by atoms with Gasteiger partial charge in [-0.3, -0.25) is 4.90 Å². The average Bonchev–Trinajstić information content (AvgIpc) is 3.73. The summed E-state index contributed by atoms with van der Waals surface area (Å²) in [5.74, 6) is 1.62. The minimum absolute atomic E-state index is 0.322. The highest BCUT2D eigenvalue weighted by Gasteiger charge is 2.36. The van der Waals surface area contributed by atoms with Crippen LogP contribution in [0.1, 0.15) is 54.8 Å². The number of anilines is 1. The van der Waals surface area contributed by atoms with E-state index >= 15 is 0 Å². The van der Waals surface area contributed by atoms with Crippen LogP contribution in [0.2, 0.25) is 5.02 Å². The zero-order valence-electron chi connectivity index (χ0n) is 21.8. The molecule has 2 saturated heterocycles. The number of aliphatic hydroxyl groups is 1. The Balaban J connectivity index is 1.24. The molecule has 2 aromatic carbocycles. The van der Waals surface area contributed by atoms with Gasteiger partial charge in [-0.1, -0.05) is 17.7 Å². The fraction of sp³-hybridized carbons (Fsp3) is 0.586. The molecule has 2 aromatic rings. The summed E-state index contributed by atoms with van der Waals surface area (Å²) in [6.07, 6.45) is 5.61. The van der Waals surface area contributed by atoms with E-state index in [4.69, 9.17) is 21.1 Å². The number of fused-ring (bicyclic) bond motifs is 1. The van der Waals surface area contributed by atoms with Gasteiger partial charge < -0.3 is 24.8 Å². The highest BCUT2D eigenvalue weighted by Crippen LogP contribution is 2.40. The molecule has 0 bridgehead atoms. The minimum atomic E-state index is -0.485. The monoisotopic (exact) mass is 513 g/mol. The Bertz CT molecular complexity index is 1060. The molecule has 3 fully saturated rings. The fourth-order valence-electron chi connectivity index (χ4n) is 5.83. The van der Waals surface area contributed by atoms with E-state index in [0.29, 0.717) is 36.3 Å². The Morgan fingerprint density at radius 3 is 2.67 bits per heavy atom. The van der Waals surface area contributed by atoms with Gasteiger partial charge in [0.25, 0.3) is 0 Å². The molecular weight excluding hydrogens is 474 g/mol. The number of rotatable bonds is 9. The number of piperidine rings is 1. The van der Waals surface area contributed by atoms with Gasteiger partial charge in [-0.2, -0.15) is 0 Å². The van der Waals surface area contributed by atoms with E-state index in [9.17, 15) is 5.11 Å². The van der Waals surface area contributed by atoms with Crippen LogP contribution in [-0.2, 0) is 0 Å². The van der Waals surface area contributed by atoms with Crippen LogP contribution in [0.25, 0.3) is 0 Å². The molecule has 1 saturated carbocycles. The van der Waals surface area contributed by atoms with E-state index in [1.807, 2.05) is 6.07 Å². The largest absolute Gasteiger partial charge is 0.495 e. The second-order valence-corrected chi connectivity index (χ2v) is 11.1. The maximum absolute atomic E-state index is 10.3. The number of hydrogen-bond donors (Lipinski definition) is 2. The first-order chi connectivity index (χ1) is 17.4. The van der Waals surface area contributed by atoms with E-state index in [2.05, 4.69) is 53.2 Å². The molecule has 0 spiro atoms. The molecule has 6 nitrogen and oxygen atoms in total. The van der Waals surface area contributed by atoms with Gasteiger partial charge in [0.2, 0.25) is 0 Å². The van der Waals surface area contributed by atoms with Crippen LogP contribution in [-0.4, -0.2) is 68.1 Å². The van der Waals surface area contributed by atoms with Gasteiger partial charge in [0.05, 0.1) is 12.1 Å². The van der Waals surface area contributed by atoms with Gasteiger partial charge in [0.15, 0.2) is 0 Å². The summed E-state index contributed by atoms with van der Waals surface area (Å²) in [6.45, 7) is 8.34. The van der Waals surface area contributed by atoms with Crippen molar-refractivity contribution in [3.05, 3.63) is 52.0 Å². The summed E-state index contributed by atoms with van der Waals surface area (Å²) in [5, 5.41) is 14.3. The van der Waals surface area contributed by atoms with Crippen molar-refractivity contribution in [2.75, 3.05) is 44.8 Å². The number of nitrogens with one attached hydrogen (secondary N) is 1. The van der Waals surface area contributed by atoms with Gasteiger partial charge in [-0.15, -0.1) is 0 Å². The first-order valence-electron chi connectivity index (χ1n) is 13.4. The quantitative estimate of drug-likeness (QED) is 0.499. The zero-order valence-corrected chi connectivity index (χ0v) is 22.6. The SMILES string of the molecule is COc1cc(N2CCN3C(CCC[C@@H]3c3ccc(OCC(O)CNC4CC4)c(C)c3C)C2)ccc1Cl. The van der Waals surface area contributed by atoms with Crippen LogP contribution in [0.4, 0.5) is 5.69 Å². The summed E-state index contributed by atoms with van der Waals surface area (Å²) in [5.41, 5.74) is 5.10. The van der Waals surface area contributed by atoms with E-state index in [1.165, 1.54) is 54.5 Å². The van der Waals surface area contributed by atoms with Crippen molar-refractivity contribution < 1.29 is 14.6 Å². The van der Waals surface area contributed by atoms with Gasteiger partial charge in [0, 0.05) is 56.1 Å². The first kappa shape index (κ1) is 25.7. The molecule has 2 aliphatic heterocycles. The number of piperazine rings is 1. The molecule has 3 aliphatic rings. The second-order valence-electron chi connectivity index (χ2n) is 10.7. The molecule has 3 atom stereocenters. The number of nitrogens with zero attached hydrogens (tertiary/aromatic N) is 2. The molecule has 2 unspecified atom stereocenters. The molecule has 0 amide bonds. The Kier molecular flexibility index (Phi) is 7.96. The number of ether oxygens (including phenoxy) is 2. The number of benzene rings is 2. The lowest BCUT2D eigenvalue weighted by Crippen LogP contribution is -2.56. The average molecular weight is 514 g/mol. The summed E-state index contributed by atoms with van der Waals surface area (Å²) in [6, 6.07) is 12.0. The van der Waals surface area contributed by atoms with Crippen LogP contribution in [0, 0.1) is 13.8 Å². The normalized spacial score (nSPS) is 23.3. The standard InChI is InChI=1S/C29H40ClN3O3/c1-19-20(2)28(36-18-24(34)16-31-21-7-8-21)12-10-25(19)27-6-4-5-23-17-32(13-14-33(23)27)22-9-11-26(30)29(15-22)35-3/h9-12,15,21,23-24,27,31,34H,4-8,13-14,16-18H2,1-3H3/t23?,24?,27-/m1/s1. The molecule has 1 aliphatic carbocycles. The number of aliphatic hydroxyl groups excluding tert-OH is 1. The molecule has 196 valence electrons. The summed E-state index contributed by atoms with van der Waals surface area (Å²) < 4.78 is 11.5. The van der Waals surface area contributed by atoms with Crippen LogP contribution in [0.3, 0.4) is 0 Å². The molecule has 0 aromatic heterocycles. The van der Waals surface area contributed by atoms with Gasteiger partial charge >= 0.3 is 0 Å². The lowest BCUT2D eigenvalue weighted by Gasteiger charge is -2.49. The van der Waals surface area contributed by atoms with Crippen molar-refractivity contribution in [2.24, 2.45) is 0 Å². The van der Waals surface area contributed by atoms with Crippen molar-refractivity contribution in [1.29, 1.82) is 0 Å². The topological polar surface area (TPSA) is 57.2 Å². The van der Waals surface area contributed by atoms with Crippen molar-refractivity contribution in [2.45, 2.75) is 70.2 Å². The molecule has 36 heavy (non-hydrogen) atoms. The molecule has 0 radical (unpaired) electrons. The van der Waals surface area contributed by atoms with Crippen molar-refractivity contribution in [3.8, 4) is 11.5 Å². The first-order valence-corrected chi connectivity index (χ1v) is 13.8. The second kappa shape index (κ2) is 11.2. The maximum atomic E-state index is 10.3. The lowest BCUT2D eigenvalue weighted by molar-refractivity contribution is 0.0711. The smallest absolute Gasteiger partial charge is 0.139 e. The highest BCUT2D eigenvalue weighted by atomic mass is 35.5. The van der Waals surface area contributed by atoms with E-state index in [0.717, 1.165) is 31.1 Å². The van der Waals surface area contributed by atoms with E-state index in [1.54, 1.807) is 7.11 Å². The number of methoxy groups -OCH3 is 1. The number of halogens is 1. The molecule has 2 N–H and O–H groups in total. The van der Waals surface area contributed by atoms with E-state index < -0.39 is 6.10 Å². The maximum Gasteiger partial charge on any atom is 0.139 e. The van der Waals surface area contributed by atoms with Crippen LogP contribution < -0.4 is 19.7 Å². The van der Waals surface area contributed by atoms with E-state index in [-0.39, 0.29) is 0 Å². The summed E-state index contributed by atoms with van der Waals surface area (Å²) >= 11 is 6.26. The molecule has 5 rings (SSSR count). The summed E-state index contributed by atoms with van der Waals surface area (Å²) in [7, 11) is 1.67. The fourth-order valence-corrected chi connectivity index (χ4v) is 6.03. The van der Waals surface area contributed by atoms with Crippen molar-refractivity contribution in [1.82, 2.24) is 10.2 Å². The van der Waals surface area contributed by atoms with Crippen molar-refractivity contribution in [3.63, 3.8) is 0 Å². The number of hydrogen-bond acceptors (Lipinski definition) is 6. The Morgan fingerprint density at radius 1 is 1.06 bits per heavy atom.